The zero-order valence-electron chi connectivity index (χ0n) is 14.3. The lowest BCUT2D eigenvalue weighted by atomic mass is 9.88. The number of Topliss-reactive ketones (excluding diaryl/α,β-unsaturated/α-hetero) is 1. The van der Waals surface area contributed by atoms with E-state index in [0.717, 1.165) is 37.1 Å². The molecule has 1 atom stereocenters. The van der Waals surface area contributed by atoms with Crippen LogP contribution >= 0.6 is 0 Å². The van der Waals surface area contributed by atoms with Gasteiger partial charge in [-0.15, -0.1) is 0 Å². The third-order valence-corrected chi connectivity index (χ3v) is 5.07. The molecule has 0 spiro atoms. The van der Waals surface area contributed by atoms with Crippen LogP contribution in [0.25, 0.3) is 0 Å². The zero-order chi connectivity index (χ0) is 17.8. The monoisotopic (exact) mass is 338 g/mol. The molecule has 0 aromatic heterocycles. The van der Waals surface area contributed by atoms with Crippen LogP contribution in [0.15, 0.2) is 54.6 Å². The topological polar surface area (TPSA) is 63.5 Å². The number of non-ortho nitro benzene ring substituents is 1. The molecule has 3 rings (SSSR count). The molecule has 1 fully saturated rings. The van der Waals surface area contributed by atoms with Crippen molar-refractivity contribution >= 4 is 11.5 Å². The Morgan fingerprint density at radius 3 is 2.44 bits per heavy atom. The van der Waals surface area contributed by atoms with Crippen molar-refractivity contribution in [2.24, 2.45) is 5.92 Å². The molecule has 0 aliphatic carbocycles. The van der Waals surface area contributed by atoms with E-state index >= 15 is 0 Å². The highest BCUT2D eigenvalue weighted by Gasteiger charge is 2.28. The number of carbonyl (C=O) groups is 1. The number of hydrogen-bond donors (Lipinski definition) is 0. The van der Waals surface area contributed by atoms with Crippen LogP contribution < -0.4 is 0 Å². The second-order valence-corrected chi connectivity index (χ2v) is 6.57. The molecule has 2 aromatic carbocycles. The number of benzene rings is 2. The second-order valence-electron chi connectivity index (χ2n) is 6.57. The summed E-state index contributed by atoms with van der Waals surface area (Å²) in [4.78, 5) is 25.5. The summed E-state index contributed by atoms with van der Waals surface area (Å²) in [5.41, 5.74) is 1.85. The van der Waals surface area contributed by atoms with Gasteiger partial charge in [0.1, 0.15) is 0 Å². The standard InChI is InChI=1S/C20H22N2O3/c1-15(18-8-5-9-19(14-18)22(24)25)21-12-10-17(11-13-21)20(23)16-6-3-2-4-7-16/h2-9,14-15,17H,10-13H2,1H3. The van der Waals surface area contributed by atoms with Crippen molar-refractivity contribution in [3.8, 4) is 0 Å². The van der Waals surface area contributed by atoms with Gasteiger partial charge in [-0.05, 0) is 38.4 Å². The van der Waals surface area contributed by atoms with Crippen LogP contribution in [0.4, 0.5) is 5.69 Å². The van der Waals surface area contributed by atoms with Crippen LogP contribution in [0.2, 0.25) is 0 Å². The van der Waals surface area contributed by atoms with Crippen molar-refractivity contribution in [3.63, 3.8) is 0 Å². The van der Waals surface area contributed by atoms with Crippen molar-refractivity contribution in [1.82, 2.24) is 4.90 Å². The van der Waals surface area contributed by atoms with Gasteiger partial charge >= 0.3 is 0 Å². The number of piperidine rings is 1. The number of nitrogens with zero attached hydrogens (tertiary/aromatic N) is 2. The average molecular weight is 338 g/mol. The molecule has 0 amide bonds. The fourth-order valence-electron chi connectivity index (χ4n) is 3.50. The highest BCUT2D eigenvalue weighted by molar-refractivity contribution is 5.97. The first-order valence-corrected chi connectivity index (χ1v) is 8.64. The number of nitro groups is 1. The molecule has 5 heteroatoms. The van der Waals surface area contributed by atoms with Gasteiger partial charge in [-0.3, -0.25) is 19.8 Å². The minimum Gasteiger partial charge on any atom is -0.297 e. The molecule has 1 heterocycles. The maximum atomic E-state index is 12.6. The molecule has 25 heavy (non-hydrogen) atoms. The lowest BCUT2D eigenvalue weighted by Gasteiger charge is -2.35. The Balaban J connectivity index is 1.63. The molecule has 1 unspecified atom stereocenters. The van der Waals surface area contributed by atoms with Crippen LogP contribution in [0.5, 0.6) is 0 Å². The second kappa shape index (κ2) is 7.57. The van der Waals surface area contributed by atoms with Gasteiger partial charge in [0.05, 0.1) is 4.92 Å². The quantitative estimate of drug-likeness (QED) is 0.464. The van der Waals surface area contributed by atoms with Crippen molar-refractivity contribution in [2.75, 3.05) is 13.1 Å². The van der Waals surface area contributed by atoms with Gasteiger partial charge in [0.2, 0.25) is 0 Å². The molecular weight excluding hydrogens is 316 g/mol. The van der Waals surface area contributed by atoms with E-state index in [4.69, 9.17) is 0 Å². The van der Waals surface area contributed by atoms with E-state index in [9.17, 15) is 14.9 Å². The van der Waals surface area contributed by atoms with Crippen LogP contribution in [-0.2, 0) is 0 Å². The molecule has 1 aliphatic rings. The van der Waals surface area contributed by atoms with E-state index in [2.05, 4.69) is 11.8 Å². The molecule has 1 saturated heterocycles. The minimum atomic E-state index is -0.360. The van der Waals surface area contributed by atoms with Crippen molar-refractivity contribution in [3.05, 3.63) is 75.8 Å². The largest absolute Gasteiger partial charge is 0.297 e. The normalized spacial score (nSPS) is 17.2. The number of carbonyl (C=O) groups excluding carboxylic acids is 1. The molecule has 0 radical (unpaired) electrons. The molecule has 5 nitrogen and oxygen atoms in total. The van der Waals surface area contributed by atoms with Gasteiger partial charge in [-0.1, -0.05) is 42.5 Å². The predicted octanol–water partition coefficient (Wildman–Crippen LogP) is 4.25. The van der Waals surface area contributed by atoms with Crippen LogP contribution in [0.1, 0.15) is 41.7 Å². The van der Waals surface area contributed by atoms with E-state index in [1.54, 1.807) is 12.1 Å². The highest BCUT2D eigenvalue weighted by atomic mass is 16.6. The van der Waals surface area contributed by atoms with Crippen molar-refractivity contribution < 1.29 is 9.72 Å². The Bertz CT molecular complexity index is 753. The number of hydrogen-bond acceptors (Lipinski definition) is 4. The Labute approximate surface area is 147 Å². The molecular formula is C20H22N2O3. The lowest BCUT2D eigenvalue weighted by Crippen LogP contribution is -2.37. The Kier molecular flexibility index (Phi) is 5.24. The summed E-state index contributed by atoms with van der Waals surface area (Å²) in [6.45, 7) is 3.72. The van der Waals surface area contributed by atoms with Crippen LogP contribution in [0.3, 0.4) is 0 Å². The summed E-state index contributed by atoms with van der Waals surface area (Å²) in [7, 11) is 0. The first-order chi connectivity index (χ1) is 12.1. The molecule has 0 bridgehead atoms. The van der Waals surface area contributed by atoms with Crippen LogP contribution in [-0.4, -0.2) is 28.7 Å². The molecule has 0 saturated carbocycles. The molecule has 2 aromatic rings. The van der Waals surface area contributed by atoms with E-state index in [1.165, 1.54) is 6.07 Å². The van der Waals surface area contributed by atoms with E-state index in [0.29, 0.717) is 0 Å². The summed E-state index contributed by atoms with van der Waals surface area (Å²) in [6.07, 6.45) is 1.65. The summed E-state index contributed by atoms with van der Waals surface area (Å²) >= 11 is 0. The van der Waals surface area contributed by atoms with Crippen molar-refractivity contribution in [1.29, 1.82) is 0 Å². The summed E-state index contributed by atoms with van der Waals surface area (Å²) in [5.74, 6) is 0.291. The zero-order valence-corrected chi connectivity index (χ0v) is 14.3. The number of likely N-dealkylation sites (tertiary alicyclic amines) is 1. The lowest BCUT2D eigenvalue weighted by molar-refractivity contribution is -0.385. The van der Waals surface area contributed by atoms with Gasteiger partial charge in [-0.25, -0.2) is 0 Å². The van der Waals surface area contributed by atoms with Gasteiger partial charge in [0.25, 0.3) is 5.69 Å². The Morgan fingerprint density at radius 1 is 1.12 bits per heavy atom. The van der Waals surface area contributed by atoms with Crippen LogP contribution in [0, 0.1) is 16.0 Å². The Hall–Kier alpha value is -2.53. The van der Waals surface area contributed by atoms with E-state index in [-0.39, 0.29) is 28.4 Å². The molecule has 0 N–H and O–H groups in total. The molecule has 1 aliphatic heterocycles. The predicted molar refractivity (Wildman–Crippen MR) is 96.6 cm³/mol. The third-order valence-electron chi connectivity index (χ3n) is 5.07. The maximum absolute atomic E-state index is 12.6. The van der Waals surface area contributed by atoms with Crippen molar-refractivity contribution in [2.45, 2.75) is 25.8 Å². The average Bonchev–Trinajstić information content (AvgIpc) is 2.67. The summed E-state index contributed by atoms with van der Waals surface area (Å²) in [6, 6.07) is 16.4. The van der Waals surface area contributed by atoms with Gasteiger partial charge in [0, 0.05) is 29.7 Å². The number of nitro benzene ring substituents is 1. The summed E-state index contributed by atoms with van der Waals surface area (Å²) < 4.78 is 0. The number of ketones is 1. The fourth-order valence-corrected chi connectivity index (χ4v) is 3.50. The van der Waals surface area contributed by atoms with E-state index in [1.807, 2.05) is 36.4 Å². The SMILES string of the molecule is CC(c1cccc([N+](=O)[O-])c1)N1CCC(C(=O)c2ccccc2)CC1. The maximum Gasteiger partial charge on any atom is 0.269 e. The first kappa shape index (κ1) is 17.3. The molecule has 130 valence electrons. The smallest absolute Gasteiger partial charge is 0.269 e. The third kappa shape index (κ3) is 3.94. The van der Waals surface area contributed by atoms with Gasteiger partial charge in [0.15, 0.2) is 5.78 Å². The summed E-state index contributed by atoms with van der Waals surface area (Å²) in [5, 5.41) is 11.0. The minimum absolute atomic E-state index is 0.0657. The van der Waals surface area contributed by atoms with Gasteiger partial charge < -0.3 is 0 Å². The van der Waals surface area contributed by atoms with Gasteiger partial charge in [-0.2, -0.15) is 0 Å². The Morgan fingerprint density at radius 2 is 1.80 bits per heavy atom. The highest BCUT2D eigenvalue weighted by Crippen LogP contribution is 2.29. The number of rotatable bonds is 5. The van der Waals surface area contributed by atoms with E-state index < -0.39 is 0 Å². The fraction of sp³-hybridized carbons (Fsp3) is 0.350. The first-order valence-electron chi connectivity index (χ1n) is 8.64.